The van der Waals surface area contributed by atoms with Crippen molar-refractivity contribution in [1.82, 2.24) is 15.8 Å². The Bertz CT molecular complexity index is 755. The first kappa shape index (κ1) is 18.0. The van der Waals surface area contributed by atoms with Gasteiger partial charge in [-0.25, -0.2) is 0 Å². The Morgan fingerprint density at radius 2 is 1.89 bits per heavy atom. The number of ether oxygens (including phenoxy) is 1. The van der Waals surface area contributed by atoms with Gasteiger partial charge in [0, 0.05) is 32.1 Å². The molecule has 0 spiro atoms. The fourth-order valence-corrected chi connectivity index (χ4v) is 3.97. The summed E-state index contributed by atoms with van der Waals surface area (Å²) in [7, 11) is 1.88. The van der Waals surface area contributed by atoms with Crippen molar-refractivity contribution in [3.8, 4) is 5.75 Å². The van der Waals surface area contributed by atoms with E-state index >= 15 is 0 Å². The van der Waals surface area contributed by atoms with E-state index in [9.17, 15) is 4.79 Å². The molecule has 2 N–H and O–H groups in total. The zero-order chi connectivity index (χ0) is 18.6. The fourth-order valence-electron chi connectivity index (χ4n) is 3.97. The van der Waals surface area contributed by atoms with E-state index in [4.69, 9.17) is 4.74 Å². The average Bonchev–Trinajstić information content (AvgIpc) is 3.35. The van der Waals surface area contributed by atoms with Crippen LogP contribution in [-0.2, 0) is 11.2 Å². The average molecular weight is 365 g/mol. The van der Waals surface area contributed by atoms with Crippen LogP contribution in [0.15, 0.2) is 54.6 Å². The number of hydrazine groups is 1. The minimum atomic E-state index is -0.374. The highest BCUT2D eigenvalue weighted by Gasteiger charge is 2.31. The van der Waals surface area contributed by atoms with Crippen molar-refractivity contribution in [1.29, 1.82) is 0 Å². The molecule has 3 unspecified atom stereocenters. The molecule has 5 nitrogen and oxygen atoms in total. The normalized spacial score (nSPS) is 23.7. The third-order valence-electron chi connectivity index (χ3n) is 5.53. The molecular formula is C22H27N3O2. The van der Waals surface area contributed by atoms with Gasteiger partial charge in [-0.1, -0.05) is 48.5 Å². The molecular weight excluding hydrogens is 338 g/mol. The molecule has 5 heteroatoms. The summed E-state index contributed by atoms with van der Waals surface area (Å²) in [6, 6.07) is 19.2. The van der Waals surface area contributed by atoms with Crippen molar-refractivity contribution in [2.75, 3.05) is 13.6 Å². The van der Waals surface area contributed by atoms with E-state index in [1.54, 1.807) is 0 Å². The van der Waals surface area contributed by atoms with Crippen LogP contribution in [-0.4, -0.2) is 36.5 Å². The lowest BCUT2D eigenvalue weighted by Gasteiger charge is -2.21. The van der Waals surface area contributed by atoms with Crippen molar-refractivity contribution in [3.05, 3.63) is 65.7 Å². The van der Waals surface area contributed by atoms with Crippen LogP contribution in [0.3, 0.4) is 0 Å². The van der Waals surface area contributed by atoms with Gasteiger partial charge in [-0.15, -0.1) is 0 Å². The molecule has 0 radical (unpaired) electrons. The van der Waals surface area contributed by atoms with Crippen LogP contribution in [0.2, 0.25) is 0 Å². The number of nitrogens with one attached hydrogen (secondary N) is 2. The molecule has 142 valence electrons. The highest BCUT2D eigenvalue weighted by Crippen LogP contribution is 2.29. The maximum Gasteiger partial charge on any atom is 0.263 e. The zero-order valence-electron chi connectivity index (χ0n) is 15.7. The summed E-state index contributed by atoms with van der Waals surface area (Å²) in [5.41, 5.74) is 9.23. The number of para-hydroxylation sites is 1. The largest absolute Gasteiger partial charge is 0.480 e. The van der Waals surface area contributed by atoms with Gasteiger partial charge < -0.3 is 9.64 Å². The monoisotopic (exact) mass is 365 g/mol. The van der Waals surface area contributed by atoms with Crippen molar-refractivity contribution < 1.29 is 9.53 Å². The Kier molecular flexibility index (Phi) is 5.41. The molecule has 2 aliphatic rings. The Hall–Kier alpha value is -2.37. The number of fused-ring (bicyclic) bond motifs is 1. The second-order valence-electron chi connectivity index (χ2n) is 7.50. The van der Waals surface area contributed by atoms with Crippen LogP contribution in [0.25, 0.3) is 0 Å². The minimum absolute atomic E-state index is 0.0749. The number of nitrogens with zero attached hydrogens (tertiary/aromatic N) is 1. The first-order valence-corrected chi connectivity index (χ1v) is 9.76. The van der Waals surface area contributed by atoms with Crippen molar-refractivity contribution >= 4 is 5.91 Å². The van der Waals surface area contributed by atoms with Gasteiger partial charge in [0.05, 0.1) is 0 Å². The summed E-state index contributed by atoms with van der Waals surface area (Å²) in [6.07, 6.45) is 3.39. The Morgan fingerprint density at radius 3 is 2.70 bits per heavy atom. The lowest BCUT2D eigenvalue weighted by atomic mass is 10.00. The highest BCUT2D eigenvalue weighted by atomic mass is 16.5. The quantitative estimate of drug-likeness (QED) is 0.827. The van der Waals surface area contributed by atoms with Crippen molar-refractivity contribution in [2.24, 2.45) is 0 Å². The van der Waals surface area contributed by atoms with Gasteiger partial charge in [-0.05, 0) is 36.5 Å². The smallest absolute Gasteiger partial charge is 0.263 e. The second-order valence-corrected chi connectivity index (χ2v) is 7.50. The predicted octanol–water partition coefficient (Wildman–Crippen LogP) is 2.84. The lowest BCUT2D eigenvalue weighted by molar-refractivity contribution is -0.136. The van der Waals surface area contributed by atoms with Crippen LogP contribution >= 0.6 is 0 Å². The summed E-state index contributed by atoms with van der Waals surface area (Å²) < 4.78 is 5.82. The summed E-state index contributed by atoms with van der Waals surface area (Å²) in [6.45, 7) is 0.753. The third-order valence-corrected chi connectivity index (χ3v) is 5.53. The van der Waals surface area contributed by atoms with Gasteiger partial charge in [0.15, 0.2) is 6.10 Å². The third kappa shape index (κ3) is 4.15. The topological polar surface area (TPSA) is 53.6 Å². The first-order chi connectivity index (χ1) is 13.2. The zero-order valence-corrected chi connectivity index (χ0v) is 15.7. The Labute approximate surface area is 160 Å². The number of hydrogen-bond acceptors (Lipinski definition) is 4. The molecule has 2 aromatic carbocycles. The van der Waals surface area contributed by atoms with E-state index in [1.165, 1.54) is 5.56 Å². The number of likely N-dealkylation sites (N-methyl/N-ethyl adjacent to an activating group) is 1. The van der Waals surface area contributed by atoms with Crippen molar-refractivity contribution in [2.45, 2.75) is 43.9 Å². The van der Waals surface area contributed by atoms with Gasteiger partial charge in [-0.2, -0.15) is 0 Å². The number of carbonyl (C=O) groups is 1. The van der Waals surface area contributed by atoms with E-state index in [2.05, 4.69) is 35.1 Å². The van der Waals surface area contributed by atoms with E-state index in [-0.39, 0.29) is 12.0 Å². The Morgan fingerprint density at radius 1 is 1.11 bits per heavy atom. The van der Waals surface area contributed by atoms with E-state index in [1.807, 2.05) is 42.3 Å². The van der Waals surface area contributed by atoms with Gasteiger partial charge in [0.1, 0.15) is 5.75 Å². The molecule has 2 heterocycles. The SMILES string of the molecule is CN(CCCC1CC(c2ccccc2)NN1)C(=O)C1Cc2ccccc2O1. The summed E-state index contributed by atoms with van der Waals surface area (Å²) in [4.78, 5) is 14.5. The van der Waals surface area contributed by atoms with Crippen LogP contribution in [0.4, 0.5) is 0 Å². The Balaban J connectivity index is 1.20. The minimum Gasteiger partial charge on any atom is -0.480 e. The molecule has 1 amide bonds. The summed E-state index contributed by atoms with van der Waals surface area (Å²) >= 11 is 0. The number of hydrogen-bond donors (Lipinski definition) is 2. The standard InChI is InChI=1S/C22H27N3O2/c1-25(22(26)21-14-17-10-5-6-12-20(17)27-21)13-7-11-18-15-19(24-23-18)16-8-3-2-4-9-16/h2-6,8-10,12,18-19,21,23-24H,7,11,13-15H2,1H3. The number of carbonyl (C=O) groups excluding carboxylic acids is 1. The number of amides is 1. The molecule has 4 rings (SSSR count). The van der Waals surface area contributed by atoms with E-state index in [0.29, 0.717) is 18.5 Å². The molecule has 27 heavy (non-hydrogen) atoms. The van der Waals surface area contributed by atoms with Gasteiger partial charge >= 0.3 is 0 Å². The molecule has 2 aliphatic heterocycles. The number of rotatable bonds is 6. The second kappa shape index (κ2) is 8.11. The van der Waals surface area contributed by atoms with E-state index in [0.717, 1.165) is 37.1 Å². The van der Waals surface area contributed by atoms with Gasteiger partial charge in [0.25, 0.3) is 5.91 Å². The molecule has 0 bridgehead atoms. The molecule has 3 atom stereocenters. The molecule has 0 aliphatic carbocycles. The van der Waals surface area contributed by atoms with Gasteiger partial charge in [-0.3, -0.25) is 15.6 Å². The first-order valence-electron chi connectivity index (χ1n) is 9.76. The van der Waals surface area contributed by atoms with E-state index < -0.39 is 0 Å². The molecule has 1 fully saturated rings. The molecule has 0 aromatic heterocycles. The summed E-state index contributed by atoms with van der Waals surface area (Å²) in [5, 5.41) is 0. The van der Waals surface area contributed by atoms with Crippen LogP contribution < -0.4 is 15.6 Å². The van der Waals surface area contributed by atoms with Crippen LogP contribution in [0.5, 0.6) is 5.75 Å². The van der Waals surface area contributed by atoms with Crippen molar-refractivity contribution in [3.63, 3.8) is 0 Å². The maximum atomic E-state index is 12.7. The number of benzene rings is 2. The molecule has 2 aromatic rings. The predicted molar refractivity (Wildman–Crippen MR) is 105 cm³/mol. The highest BCUT2D eigenvalue weighted by molar-refractivity contribution is 5.82. The molecule has 0 saturated carbocycles. The van der Waals surface area contributed by atoms with Crippen LogP contribution in [0, 0.1) is 0 Å². The fraction of sp³-hybridized carbons (Fsp3) is 0.409. The lowest BCUT2D eigenvalue weighted by Crippen LogP contribution is -2.39. The summed E-state index contributed by atoms with van der Waals surface area (Å²) in [5.74, 6) is 0.920. The van der Waals surface area contributed by atoms with Gasteiger partial charge in [0.2, 0.25) is 0 Å². The maximum absolute atomic E-state index is 12.7. The van der Waals surface area contributed by atoms with Crippen LogP contribution in [0.1, 0.15) is 36.4 Å². The molecule has 1 saturated heterocycles.